The Balaban J connectivity index is 0.838. The molecule has 1 aliphatic carbocycles. The number of aromatic nitrogens is 1. The summed E-state index contributed by atoms with van der Waals surface area (Å²) in [7, 11) is 0. The highest BCUT2D eigenvalue weighted by Crippen LogP contribution is 2.52. The maximum Gasteiger partial charge on any atom is 0.227 e. The van der Waals surface area contributed by atoms with E-state index >= 15 is 0 Å². The van der Waals surface area contributed by atoms with E-state index in [4.69, 9.17) is 14.1 Å². The van der Waals surface area contributed by atoms with E-state index < -0.39 is 0 Å². The summed E-state index contributed by atoms with van der Waals surface area (Å²) in [5, 5.41) is 0. The van der Waals surface area contributed by atoms with Gasteiger partial charge < -0.3 is 19.0 Å². The third-order valence-electron chi connectivity index (χ3n) is 14.4. The third kappa shape index (κ3) is 7.64. The fourth-order valence-corrected chi connectivity index (χ4v) is 10.5. The molecule has 2 heterocycles. The van der Waals surface area contributed by atoms with Crippen molar-refractivity contribution in [3.8, 4) is 39.5 Å². The molecule has 0 bridgehead atoms. The predicted molar refractivity (Wildman–Crippen MR) is 289 cm³/mol. The molecule has 0 radical (unpaired) electrons. The van der Waals surface area contributed by atoms with Gasteiger partial charge in [0.2, 0.25) is 5.89 Å². The number of fused-ring (bicyclic) bond motifs is 5. The van der Waals surface area contributed by atoms with Crippen molar-refractivity contribution >= 4 is 51.0 Å². The largest absolute Gasteiger partial charge is 0.457 e. The molecule has 0 N–H and O–H groups in total. The zero-order valence-electron chi connectivity index (χ0n) is 40.1. The Morgan fingerprint density at radius 3 is 1.59 bits per heavy atom. The molecule has 1 unspecified atom stereocenters. The predicted octanol–water partition coefficient (Wildman–Crippen LogP) is 18.0. The number of nitrogens with zero attached hydrogens (tertiary/aromatic N) is 3. The van der Waals surface area contributed by atoms with E-state index in [-0.39, 0.29) is 5.41 Å². The number of ether oxygens (including phenoxy) is 1. The average Bonchev–Trinajstić information content (AvgIpc) is 3.93. The first-order chi connectivity index (χ1) is 34.2. The number of benzene rings is 9. The molecule has 9 aromatic carbocycles. The molecule has 1 aromatic heterocycles. The zero-order chi connectivity index (χ0) is 47.5. The van der Waals surface area contributed by atoms with Crippen molar-refractivity contribution in [2.75, 3.05) is 9.80 Å². The summed E-state index contributed by atoms with van der Waals surface area (Å²) >= 11 is 0. The lowest BCUT2D eigenvalue weighted by atomic mass is 9.81. The molecule has 0 spiro atoms. The number of anilines is 6. The molecule has 340 valence electrons. The fraction of sp³-hybridized carbons (Fsp3) is 0.123. The Bertz CT molecular complexity index is 3550. The molecular weight excluding hydrogens is 855 g/mol. The van der Waals surface area contributed by atoms with Gasteiger partial charge in [0.1, 0.15) is 17.0 Å². The smallest absolute Gasteiger partial charge is 0.227 e. The standard InChI is InChI=1S/C65H53N3O2/c1-6-44-40-63(69-61-13-9-7-11-55(44)61)46-21-32-52(33-22-46)67(49-26-15-42(2)16-27-49)51-30-19-45(20-31-51)48-25-37-56-57-38-36-54(41-59(57)65(4,5)58(56)39-48)68(50-28-17-43(3)18-29-50)53-34-23-47(24-35-53)64-66-60-12-8-10-14-62(60)70-64/h7-41,44H,6H2,1-5H3. The summed E-state index contributed by atoms with van der Waals surface area (Å²) < 4.78 is 12.6. The van der Waals surface area contributed by atoms with Gasteiger partial charge in [0, 0.05) is 62.1 Å². The van der Waals surface area contributed by atoms with Crippen molar-refractivity contribution in [2.45, 2.75) is 52.4 Å². The van der Waals surface area contributed by atoms with Crippen LogP contribution in [0.1, 0.15) is 66.5 Å². The van der Waals surface area contributed by atoms with E-state index in [2.05, 4.69) is 226 Å². The van der Waals surface area contributed by atoms with Gasteiger partial charge in [-0.15, -0.1) is 0 Å². The maximum absolute atomic E-state index is 6.46. The van der Waals surface area contributed by atoms with Crippen LogP contribution in [-0.4, -0.2) is 4.98 Å². The second-order valence-electron chi connectivity index (χ2n) is 19.3. The van der Waals surface area contributed by atoms with Gasteiger partial charge >= 0.3 is 0 Å². The second kappa shape index (κ2) is 17.3. The highest BCUT2D eigenvalue weighted by Gasteiger charge is 2.36. The molecular formula is C65H53N3O2. The molecule has 70 heavy (non-hydrogen) atoms. The van der Waals surface area contributed by atoms with Crippen LogP contribution in [0.4, 0.5) is 34.1 Å². The molecule has 0 fully saturated rings. The van der Waals surface area contributed by atoms with Crippen LogP contribution in [0.2, 0.25) is 0 Å². The van der Waals surface area contributed by atoms with Crippen LogP contribution >= 0.6 is 0 Å². The second-order valence-corrected chi connectivity index (χ2v) is 19.3. The normalized spacial score (nSPS) is 14.3. The summed E-state index contributed by atoms with van der Waals surface area (Å²) in [6.45, 7) is 11.2. The summed E-state index contributed by atoms with van der Waals surface area (Å²) in [6, 6.07) is 74.2. The Hall–Kier alpha value is -8.41. The number of hydrogen-bond donors (Lipinski definition) is 0. The van der Waals surface area contributed by atoms with Crippen LogP contribution in [-0.2, 0) is 5.41 Å². The van der Waals surface area contributed by atoms with Crippen LogP contribution in [0, 0.1) is 13.8 Å². The van der Waals surface area contributed by atoms with Crippen molar-refractivity contribution in [1.82, 2.24) is 4.98 Å². The van der Waals surface area contributed by atoms with Crippen molar-refractivity contribution in [1.29, 1.82) is 0 Å². The van der Waals surface area contributed by atoms with Crippen LogP contribution in [0.5, 0.6) is 5.75 Å². The van der Waals surface area contributed by atoms with Crippen molar-refractivity contribution in [2.24, 2.45) is 0 Å². The summed E-state index contributed by atoms with van der Waals surface area (Å²) in [5.74, 6) is 2.80. The van der Waals surface area contributed by atoms with Gasteiger partial charge in [-0.2, -0.15) is 0 Å². The molecule has 2 aliphatic rings. The summed E-state index contributed by atoms with van der Waals surface area (Å²) in [4.78, 5) is 9.44. The molecule has 5 nitrogen and oxygen atoms in total. The van der Waals surface area contributed by atoms with E-state index in [1.54, 1.807) is 0 Å². The summed E-state index contributed by atoms with van der Waals surface area (Å²) in [5.41, 5.74) is 21.3. The SMILES string of the molecule is CCC1C=C(c2ccc(N(c3ccc(C)cc3)c3ccc(-c4ccc5c(c4)C(C)(C)c4cc(N(c6ccc(C)cc6)c6ccc(-c7nc8ccccc8o7)cc6)ccc4-5)cc3)cc2)Oc2ccccc21. The van der Waals surface area contributed by atoms with E-state index in [0.29, 0.717) is 11.8 Å². The highest BCUT2D eigenvalue weighted by molar-refractivity contribution is 5.88. The molecule has 0 saturated heterocycles. The van der Waals surface area contributed by atoms with Crippen LogP contribution in [0.3, 0.4) is 0 Å². The van der Waals surface area contributed by atoms with Crippen LogP contribution in [0.15, 0.2) is 217 Å². The Morgan fingerprint density at radius 2 is 0.971 bits per heavy atom. The molecule has 0 amide bonds. The van der Waals surface area contributed by atoms with Crippen LogP contribution < -0.4 is 14.5 Å². The minimum Gasteiger partial charge on any atom is -0.457 e. The summed E-state index contributed by atoms with van der Waals surface area (Å²) in [6.07, 6.45) is 3.29. The number of rotatable bonds is 10. The first-order valence-corrected chi connectivity index (χ1v) is 24.4. The number of allylic oxidation sites excluding steroid dienone is 1. The van der Waals surface area contributed by atoms with E-state index in [9.17, 15) is 0 Å². The molecule has 0 saturated carbocycles. The van der Waals surface area contributed by atoms with Gasteiger partial charge in [0.15, 0.2) is 5.58 Å². The Kier molecular flexibility index (Phi) is 10.6. The van der Waals surface area contributed by atoms with Gasteiger partial charge in [0.25, 0.3) is 0 Å². The van der Waals surface area contributed by atoms with Crippen LogP contribution in [0.25, 0.3) is 50.6 Å². The van der Waals surface area contributed by atoms with Gasteiger partial charge in [-0.05, 0) is 181 Å². The minimum atomic E-state index is -0.236. The lowest BCUT2D eigenvalue weighted by Crippen LogP contribution is -2.16. The highest BCUT2D eigenvalue weighted by atomic mass is 16.5. The van der Waals surface area contributed by atoms with Gasteiger partial charge in [0.05, 0.1) is 0 Å². The maximum atomic E-state index is 6.46. The number of hydrogen-bond acceptors (Lipinski definition) is 5. The molecule has 10 aromatic rings. The molecule has 1 atom stereocenters. The van der Waals surface area contributed by atoms with Crippen molar-refractivity contribution in [3.63, 3.8) is 0 Å². The zero-order valence-corrected chi connectivity index (χ0v) is 40.1. The molecule has 1 aliphatic heterocycles. The van der Waals surface area contributed by atoms with Crippen molar-refractivity contribution < 1.29 is 9.15 Å². The lowest BCUT2D eigenvalue weighted by molar-refractivity contribution is 0.484. The van der Waals surface area contributed by atoms with Crippen molar-refractivity contribution in [3.05, 3.63) is 246 Å². The van der Waals surface area contributed by atoms with E-state index in [0.717, 1.165) is 74.3 Å². The van der Waals surface area contributed by atoms with Gasteiger partial charge in [-0.3, -0.25) is 0 Å². The Labute approximate surface area is 410 Å². The van der Waals surface area contributed by atoms with Gasteiger partial charge in [-0.25, -0.2) is 4.98 Å². The first-order valence-electron chi connectivity index (χ1n) is 24.4. The number of aryl methyl sites for hydroxylation is 2. The third-order valence-corrected chi connectivity index (χ3v) is 14.4. The lowest BCUT2D eigenvalue weighted by Gasteiger charge is -2.28. The topological polar surface area (TPSA) is 41.7 Å². The fourth-order valence-electron chi connectivity index (χ4n) is 10.5. The molecule has 12 rings (SSSR count). The minimum absolute atomic E-state index is 0.236. The van der Waals surface area contributed by atoms with E-state index in [1.165, 1.54) is 50.1 Å². The quantitative estimate of drug-likeness (QED) is 0.137. The Morgan fingerprint density at radius 1 is 0.486 bits per heavy atom. The molecule has 5 heteroatoms. The average molecular weight is 908 g/mol. The number of para-hydroxylation sites is 3. The van der Waals surface area contributed by atoms with Gasteiger partial charge in [-0.1, -0.05) is 117 Å². The first kappa shape index (κ1) is 42.9. The monoisotopic (exact) mass is 907 g/mol. The van der Waals surface area contributed by atoms with E-state index in [1.807, 2.05) is 30.3 Å². The number of oxazole rings is 1.